The largest absolute Gasteiger partial charge is 0.378 e. The summed E-state index contributed by atoms with van der Waals surface area (Å²) in [5.41, 5.74) is 0. The Labute approximate surface area is 77.6 Å². The molecule has 0 aromatic rings. The fourth-order valence-electron chi connectivity index (χ4n) is 0.670. The summed E-state index contributed by atoms with van der Waals surface area (Å²) in [6.07, 6.45) is 0. The summed E-state index contributed by atoms with van der Waals surface area (Å²) < 4.78 is 10.5. The third-order valence-corrected chi connectivity index (χ3v) is 1.36. The average molecular weight is 180 g/mol. The zero-order chi connectivity index (χ0) is 9.07. The van der Waals surface area contributed by atoms with Crippen LogP contribution in [0.15, 0.2) is 0 Å². The lowest BCUT2D eigenvalue weighted by atomic mass is 10.6. The summed E-state index contributed by atoms with van der Waals surface area (Å²) in [5, 5.41) is 6.01. The summed E-state index contributed by atoms with van der Waals surface area (Å²) in [7, 11) is 3.82. The summed E-state index contributed by atoms with van der Waals surface area (Å²) in [5.74, 6) is 0. The molecule has 0 bridgehead atoms. The van der Waals surface area contributed by atoms with Crippen molar-refractivity contribution in [3.05, 3.63) is 0 Å². The van der Waals surface area contributed by atoms with Crippen molar-refractivity contribution in [1.82, 2.24) is 10.6 Å². The van der Waals surface area contributed by atoms with E-state index < -0.39 is 0 Å². The average Bonchev–Trinajstić information content (AvgIpc) is 2.10. The molecule has 0 heterocycles. The van der Waals surface area contributed by atoms with E-state index in [9.17, 15) is 0 Å². The first-order valence-electron chi connectivity index (χ1n) is 4.36. The van der Waals surface area contributed by atoms with Gasteiger partial charge >= 0.3 is 0 Å². The number of likely N-dealkylation sites (N-methyl/N-ethyl adjacent to an activating group) is 2. The van der Waals surface area contributed by atoms with Gasteiger partial charge in [0.15, 0.2) is 0 Å². The predicted octanol–water partition coefficient (Wildman–Crippen LogP) is -0.0496. The second kappa shape index (κ2) is 10.8. The molecule has 0 aliphatic rings. The molecule has 0 aliphatic carbocycles. The van der Waals surface area contributed by atoms with Crippen LogP contribution in [0.4, 0.5) is 0 Å². The summed E-state index contributed by atoms with van der Waals surface area (Å²) >= 11 is 0. The highest BCUT2D eigenvalue weighted by atomic mass is 16.5. The fourth-order valence-corrected chi connectivity index (χ4v) is 0.670. The molecule has 0 amide bonds. The highest BCUT2D eigenvalue weighted by molar-refractivity contribution is 4.38. The van der Waals surface area contributed by atoms with Crippen LogP contribution in [-0.2, 0) is 9.47 Å². The lowest BCUT2D eigenvalue weighted by molar-refractivity contribution is 0.0508. The minimum atomic E-state index is 0. The molecule has 0 rings (SSSR count). The Kier molecular flexibility index (Phi) is 10.7. The number of nitrogens with one attached hydrogen (secondary N) is 2. The standard InChI is InChI=1S/C8H20N2O2.2H2/c1-9-3-5-11-7-8-12-6-4-10-2;;/h9-10H,3-8H2,1-2H3;2*1H. The Morgan fingerprint density at radius 1 is 0.833 bits per heavy atom. The van der Waals surface area contributed by atoms with Crippen LogP contribution in [0.25, 0.3) is 0 Å². The van der Waals surface area contributed by atoms with E-state index in [1.54, 1.807) is 0 Å². The summed E-state index contributed by atoms with van der Waals surface area (Å²) in [6.45, 7) is 4.68. The van der Waals surface area contributed by atoms with Gasteiger partial charge in [0.25, 0.3) is 0 Å². The first kappa shape index (κ1) is 11.8. The molecular formula is C8H24N2O2. The third-order valence-electron chi connectivity index (χ3n) is 1.36. The number of hydrogen-bond donors (Lipinski definition) is 2. The smallest absolute Gasteiger partial charge is 0.0701 e. The fraction of sp³-hybridized carbons (Fsp3) is 1.00. The number of ether oxygens (including phenoxy) is 2. The predicted molar refractivity (Wildman–Crippen MR) is 53.7 cm³/mol. The molecule has 4 nitrogen and oxygen atoms in total. The molecule has 0 radical (unpaired) electrons. The molecule has 0 atom stereocenters. The van der Waals surface area contributed by atoms with Crippen LogP contribution < -0.4 is 10.6 Å². The van der Waals surface area contributed by atoms with E-state index in [4.69, 9.17) is 9.47 Å². The topological polar surface area (TPSA) is 42.5 Å². The van der Waals surface area contributed by atoms with Gasteiger partial charge in [-0.1, -0.05) is 0 Å². The van der Waals surface area contributed by atoms with E-state index in [1.807, 2.05) is 14.1 Å². The summed E-state index contributed by atoms with van der Waals surface area (Å²) in [6, 6.07) is 0. The van der Waals surface area contributed by atoms with Crippen molar-refractivity contribution in [2.75, 3.05) is 53.6 Å². The van der Waals surface area contributed by atoms with E-state index in [0.717, 1.165) is 26.3 Å². The van der Waals surface area contributed by atoms with Crippen LogP contribution in [0.2, 0.25) is 0 Å². The highest BCUT2D eigenvalue weighted by Crippen LogP contribution is 1.76. The van der Waals surface area contributed by atoms with Crippen molar-refractivity contribution in [2.24, 2.45) is 0 Å². The molecule has 2 N–H and O–H groups in total. The lowest BCUT2D eigenvalue weighted by Gasteiger charge is -2.04. The summed E-state index contributed by atoms with van der Waals surface area (Å²) in [4.78, 5) is 0. The van der Waals surface area contributed by atoms with Gasteiger partial charge in [-0.05, 0) is 14.1 Å². The molecule has 0 aromatic heterocycles. The van der Waals surface area contributed by atoms with Crippen LogP contribution in [0.3, 0.4) is 0 Å². The molecular weight excluding hydrogens is 156 g/mol. The van der Waals surface area contributed by atoms with Crippen molar-refractivity contribution in [3.8, 4) is 0 Å². The van der Waals surface area contributed by atoms with Crippen molar-refractivity contribution in [3.63, 3.8) is 0 Å². The molecule has 0 fully saturated rings. The van der Waals surface area contributed by atoms with Crippen LogP contribution in [-0.4, -0.2) is 53.6 Å². The third kappa shape index (κ3) is 9.84. The van der Waals surface area contributed by atoms with Crippen molar-refractivity contribution in [1.29, 1.82) is 0 Å². The molecule has 0 saturated heterocycles. The number of rotatable bonds is 9. The zero-order valence-electron chi connectivity index (χ0n) is 8.06. The van der Waals surface area contributed by atoms with Gasteiger partial charge in [0.05, 0.1) is 26.4 Å². The molecule has 0 aromatic carbocycles. The second-order valence-corrected chi connectivity index (χ2v) is 2.43. The van der Waals surface area contributed by atoms with Crippen LogP contribution in [0.1, 0.15) is 2.85 Å². The molecule has 12 heavy (non-hydrogen) atoms. The van der Waals surface area contributed by atoms with Gasteiger partial charge in [0.1, 0.15) is 0 Å². The van der Waals surface area contributed by atoms with Crippen molar-refractivity contribution in [2.45, 2.75) is 0 Å². The Morgan fingerprint density at radius 2 is 1.25 bits per heavy atom. The monoisotopic (exact) mass is 180 g/mol. The van der Waals surface area contributed by atoms with E-state index in [2.05, 4.69) is 10.6 Å². The molecule has 0 spiro atoms. The van der Waals surface area contributed by atoms with Gasteiger partial charge in [-0.25, -0.2) is 0 Å². The van der Waals surface area contributed by atoms with E-state index in [0.29, 0.717) is 13.2 Å². The Bertz CT molecular complexity index is 79.7. The Morgan fingerprint density at radius 3 is 1.58 bits per heavy atom. The van der Waals surface area contributed by atoms with Gasteiger partial charge in [-0.3, -0.25) is 0 Å². The Balaban J connectivity index is -0.000000605. The minimum Gasteiger partial charge on any atom is -0.378 e. The van der Waals surface area contributed by atoms with E-state index >= 15 is 0 Å². The zero-order valence-corrected chi connectivity index (χ0v) is 8.06. The minimum absolute atomic E-state index is 0. The maximum Gasteiger partial charge on any atom is 0.0701 e. The molecule has 0 aliphatic heterocycles. The van der Waals surface area contributed by atoms with Crippen molar-refractivity contribution >= 4 is 0 Å². The second-order valence-electron chi connectivity index (χ2n) is 2.43. The first-order chi connectivity index (χ1) is 5.91. The Hall–Kier alpha value is -0.160. The van der Waals surface area contributed by atoms with Crippen LogP contribution in [0.5, 0.6) is 0 Å². The SMILES string of the molecule is CNCCOCCOCCNC.[HH].[HH]. The van der Waals surface area contributed by atoms with Crippen LogP contribution >= 0.6 is 0 Å². The molecule has 78 valence electrons. The van der Waals surface area contributed by atoms with Crippen molar-refractivity contribution < 1.29 is 12.3 Å². The van der Waals surface area contributed by atoms with Gasteiger partial charge in [0.2, 0.25) is 0 Å². The van der Waals surface area contributed by atoms with Gasteiger partial charge in [0, 0.05) is 15.9 Å². The lowest BCUT2D eigenvalue weighted by Crippen LogP contribution is -2.18. The number of hydrogen-bond acceptors (Lipinski definition) is 4. The van der Waals surface area contributed by atoms with Gasteiger partial charge in [-0.15, -0.1) is 0 Å². The van der Waals surface area contributed by atoms with Gasteiger partial charge in [-0.2, -0.15) is 0 Å². The molecule has 4 heteroatoms. The molecule has 0 saturated carbocycles. The van der Waals surface area contributed by atoms with Crippen LogP contribution in [0, 0.1) is 0 Å². The van der Waals surface area contributed by atoms with E-state index in [1.165, 1.54) is 0 Å². The molecule has 0 unspecified atom stereocenters. The van der Waals surface area contributed by atoms with Gasteiger partial charge < -0.3 is 20.1 Å². The first-order valence-corrected chi connectivity index (χ1v) is 4.36. The highest BCUT2D eigenvalue weighted by Gasteiger charge is 1.88. The normalized spacial score (nSPS) is 10.5. The van der Waals surface area contributed by atoms with E-state index in [-0.39, 0.29) is 2.85 Å². The maximum absolute atomic E-state index is 5.25. The quantitative estimate of drug-likeness (QED) is 0.488. The maximum atomic E-state index is 5.25.